The molecule has 3 atom stereocenters. The van der Waals surface area contributed by atoms with Gasteiger partial charge in [-0.25, -0.2) is 0 Å². The summed E-state index contributed by atoms with van der Waals surface area (Å²) in [5.74, 6) is -0.833. The van der Waals surface area contributed by atoms with Gasteiger partial charge in [-0.2, -0.15) is 0 Å². The molecular formula is C13H16O5. The monoisotopic (exact) mass is 252 g/mol. The predicted octanol–water partition coefficient (Wildman–Crippen LogP) is 1.46. The van der Waals surface area contributed by atoms with Gasteiger partial charge in [0.1, 0.15) is 0 Å². The van der Waals surface area contributed by atoms with Crippen LogP contribution in [-0.2, 0) is 20.7 Å². The highest BCUT2D eigenvalue weighted by Crippen LogP contribution is 2.37. The van der Waals surface area contributed by atoms with E-state index < -0.39 is 12.3 Å². The topological polar surface area (TPSA) is 76.0 Å². The van der Waals surface area contributed by atoms with E-state index in [-0.39, 0.29) is 12.4 Å². The molecule has 0 saturated carbocycles. The van der Waals surface area contributed by atoms with Crippen molar-refractivity contribution >= 4 is 5.97 Å². The van der Waals surface area contributed by atoms with Gasteiger partial charge in [-0.15, -0.1) is 0 Å². The summed E-state index contributed by atoms with van der Waals surface area (Å²) < 4.78 is 10.9. The number of hydrogen-bond donors (Lipinski definition) is 2. The number of aliphatic hydroxyl groups is 1. The smallest absolute Gasteiger partial charge is 0.300 e. The summed E-state index contributed by atoms with van der Waals surface area (Å²) in [4.78, 5) is 9.00. The van der Waals surface area contributed by atoms with Gasteiger partial charge in [-0.1, -0.05) is 24.3 Å². The number of hydrogen-bond acceptors (Lipinski definition) is 4. The number of aliphatic hydroxyl groups excluding tert-OH is 1. The molecule has 5 nitrogen and oxygen atoms in total. The Morgan fingerprint density at radius 3 is 2.72 bits per heavy atom. The van der Waals surface area contributed by atoms with Crippen LogP contribution in [0, 0.1) is 0 Å². The first kappa shape index (κ1) is 13.0. The van der Waals surface area contributed by atoms with E-state index in [1.807, 2.05) is 12.1 Å². The average Bonchev–Trinajstić information content (AvgIpc) is 2.27. The summed E-state index contributed by atoms with van der Waals surface area (Å²) in [6.45, 7) is 1.08. The minimum absolute atomic E-state index is 0.00806. The fourth-order valence-electron chi connectivity index (χ4n) is 2.19. The SMILES string of the molecule is CC(=O)O.OC1CC2OC(Cc3ccccc32)O1. The van der Waals surface area contributed by atoms with Gasteiger partial charge in [0, 0.05) is 19.8 Å². The Morgan fingerprint density at radius 2 is 2.00 bits per heavy atom. The number of fused-ring (bicyclic) bond motifs is 4. The molecule has 1 fully saturated rings. The molecule has 3 unspecified atom stereocenters. The van der Waals surface area contributed by atoms with Crippen molar-refractivity contribution in [2.45, 2.75) is 38.4 Å². The first-order valence-corrected chi connectivity index (χ1v) is 5.82. The zero-order valence-electron chi connectivity index (χ0n) is 10.1. The molecule has 1 saturated heterocycles. The minimum atomic E-state index is -0.833. The van der Waals surface area contributed by atoms with E-state index in [0.29, 0.717) is 6.42 Å². The van der Waals surface area contributed by atoms with E-state index >= 15 is 0 Å². The van der Waals surface area contributed by atoms with Gasteiger partial charge < -0.3 is 19.7 Å². The number of carboxylic acid groups (broad SMARTS) is 1. The molecule has 0 amide bonds. The van der Waals surface area contributed by atoms with Crippen molar-refractivity contribution < 1.29 is 24.5 Å². The van der Waals surface area contributed by atoms with Crippen molar-refractivity contribution in [2.24, 2.45) is 0 Å². The molecule has 0 aliphatic carbocycles. The van der Waals surface area contributed by atoms with Crippen LogP contribution in [0.2, 0.25) is 0 Å². The van der Waals surface area contributed by atoms with E-state index in [9.17, 15) is 5.11 Å². The lowest BCUT2D eigenvalue weighted by Crippen LogP contribution is -2.39. The largest absolute Gasteiger partial charge is 0.481 e. The molecule has 0 spiro atoms. The lowest BCUT2D eigenvalue weighted by molar-refractivity contribution is -0.300. The molecular weight excluding hydrogens is 236 g/mol. The number of ether oxygens (including phenoxy) is 2. The second kappa shape index (κ2) is 5.48. The van der Waals surface area contributed by atoms with Gasteiger partial charge in [0.25, 0.3) is 5.97 Å². The van der Waals surface area contributed by atoms with Crippen LogP contribution in [0.4, 0.5) is 0 Å². The van der Waals surface area contributed by atoms with Crippen molar-refractivity contribution in [1.29, 1.82) is 0 Å². The maximum Gasteiger partial charge on any atom is 0.300 e. The predicted molar refractivity (Wildman–Crippen MR) is 62.8 cm³/mol. The molecule has 98 valence electrons. The molecule has 0 radical (unpaired) electrons. The Balaban J connectivity index is 0.000000267. The van der Waals surface area contributed by atoms with Crippen molar-refractivity contribution in [3.05, 3.63) is 35.4 Å². The molecule has 5 heteroatoms. The van der Waals surface area contributed by atoms with Crippen LogP contribution in [0.25, 0.3) is 0 Å². The second-order valence-corrected chi connectivity index (χ2v) is 4.30. The molecule has 2 bridgehead atoms. The maximum absolute atomic E-state index is 9.44. The van der Waals surface area contributed by atoms with Crippen LogP contribution in [0.3, 0.4) is 0 Å². The normalized spacial score (nSPS) is 28.7. The molecule has 18 heavy (non-hydrogen) atoms. The van der Waals surface area contributed by atoms with Gasteiger partial charge in [0.05, 0.1) is 6.10 Å². The number of aliphatic carboxylic acids is 1. The molecule has 0 aromatic heterocycles. The van der Waals surface area contributed by atoms with E-state index in [1.54, 1.807) is 0 Å². The first-order chi connectivity index (χ1) is 8.56. The Kier molecular flexibility index (Phi) is 3.96. The summed E-state index contributed by atoms with van der Waals surface area (Å²) in [6.07, 6.45) is 0.344. The van der Waals surface area contributed by atoms with Crippen LogP contribution in [0.15, 0.2) is 24.3 Å². The third-order valence-corrected chi connectivity index (χ3v) is 2.83. The quantitative estimate of drug-likeness (QED) is 0.731. The fraction of sp³-hybridized carbons (Fsp3) is 0.462. The molecule has 2 N–H and O–H groups in total. The van der Waals surface area contributed by atoms with Crippen LogP contribution in [-0.4, -0.2) is 28.8 Å². The molecule has 2 heterocycles. The highest BCUT2D eigenvalue weighted by Gasteiger charge is 2.35. The summed E-state index contributed by atoms with van der Waals surface area (Å²) in [7, 11) is 0. The zero-order chi connectivity index (χ0) is 13.1. The fourth-order valence-corrected chi connectivity index (χ4v) is 2.19. The summed E-state index contributed by atoms with van der Waals surface area (Å²) in [5, 5.41) is 16.9. The van der Waals surface area contributed by atoms with Crippen LogP contribution in [0.1, 0.15) is 30.6 Å². The van der Waals surface area contributed by atoms with Crippen LogP contribution >= 0.6 is 0 Å². The van der Waals surface area contributed by atoms with E-state index in [2.05, 4.69) is 12.1 Å². The van der Waals surface area contributed by atoms with Crippen molar-refractivity contribution in [3.63, 3.8) is 0 Å². The van der Waals surface area contributed by atoms with E-state index in [0.717, 1.165) is 13.3 Å². The number of rotatable bonds is 0. The molecule has 1 aromatic rings. The summed E-state index contributed by atoms with van der Waals surface area (Å²) in [5.41, 5.74) is 2.48. The molecule has 3 rings (SSSR count). The maximum atomic E-state index is 9.44. The Labute approximate surface area is 105 Å². The van der Waals surface area contributed by atoms with Gasteiger partial charge in [-0.05, 0) is 11.1 Å². The number of benzene rings is 1. The minimum Gasteiger partial charge on any atom is -0.481 e. The van der Waals surface area contributed by atoms with Gasteiger partial charge >= 0.3 is 0 Å². The lowest BCUT2D eigenvalue weighted by atomic mass is 9.94. The molecule has 1 aromatic carbocycles. The highest BCUT2D eigenvalue weighted by molar-refractivity contribution is 5.62. The van der Waals surface area contributed by atoms with Crippen LogP contribution < -0.4 is 0 Å². The Morgan fingerprint density at radius 1 is 1.33 bits per heavy atom. The third-order valence-electron chi connectivity index (χ3n) is 2.83. The average molecular weight is 252 g/mol. The second-order valence-electron chi connectivity index (χ2n) is 4.30. The Bertz CT molecular complexity index is 427. The van der Waals surface area contributed by atoms with Crippen molar-refractivity contribution in [3.8, 4) is 0 Å². The Hall–Kier alpha value is -1.43. The number of carboxylic acids is 1. The summed E-state index contributed by atoms with van der Waals surface area (Å²) >= 11 is 0. The van der Waals surface area contributed by atoms with Crippen LogP contribution in [0.5, 0.6) is 0 Å². The van der Waals surface area contributed by atoms with Gasteiger partial charge in [-0.3, -0.25) is 4.79 Å². The highest BCUT2D eigenvalue weighted by atomic mass is 16.7. The first-order valence-electron chi connectivity index (χ1n) is 5.82. The van der Waals surface area contributed by atoms with Gasteiger partial charge in [0.15, 0.2) is 12.6 Å². The standard InChI is InChI=1S/C11H12O3.C2H4O2/c12-10-6-9-8-4-2-1-3-7(8)5-11(13-9)14-10;1-2(3)4/h1-4,9-12H,5-6H2;1H3,(H,3,4). The van der Waals surface area contributed by atoms with Gasteiger partial charge in [0.2, 0.25) is 0 Å². The van der Waals surface area contributed by atoms with Crippen molar-refractivity contribution in [1.82, 2.24) is 0 Å². The zero-order valence-corrected chi connectivity index (χ0v) is 10.1. The van der Waals surface area contributed by atoms with Crippen molar-refractivity contribution in [2.75, 3.05) is 0 Å². The van der Waals surface area contributed by atoms with E-state index in [4.69, 9.17) is 19.4 Å². The number of carbonyl (C=O) groups is 1. The van der Waals surface area contributed by atoms with E-state index in [1.165, 1.54) is 11.1 Å². The molecule has 2 aliphatic rings. The third kappa shape index (κ3) is 3.07. The lowest BCUT2D eigenvalue weighted by Gasteiger charge is -2.38. The summed E-state index contributed by atoms with van der Waals surface area (Å²) in [6, 6.07) is 8.19. The molecule has 2 aliphatic heterocycles.